The number of pyridine rings is 1. The maximum atomic E-state index is 5.63. The smallest absolute Gasteiger partial charge is 0.0489 e. The summed E-state index contributed by atoms with van der Waals surface area (Å²) in [5.74, 6) is 6.08. The lowest BCUT2D eigenvalue weighted by atomic mass is 9.93. The van der Waals surface area contributed by atoms with Gasteiger partial charge in [0.15, 0.2) is 0 Å². The molecule has 0 saturated carbocycles. The fraction of sp³-hybridized carbons (Fsp3) is 0.308. The van der Waals surface area contributed by atoms with E-state index in [0.717, 1.165) is 5.39 Å². The molecule has 0 amide bonds. The van der Waals surface area contributed by atoms with E-state index in [-0.39, 0.29) is 6.04 Å². The monoisotopic (exact) mass is 215 g/mol. The van der Waals surface area contributed by atoms with E-state index >= 15 is 0 Å². The summed E-state index contributed by atoms with van der Waals surface area (Å²) in [6.45, 7) is 4.31. The Morgan fingerprint density at radius 1 is 1.25 bits per heavy atom. The second-order valence-electron chi connectivity index (χ2n) is 4.33. The Labute approximate surface area is 95.7 Å². The number of rotatable bonds is 3. The molecule has 0 spiro atoms. The van der Waals surface area contributed by atoms with Crippen LogP contribution in [0.4, 0.5) is 0 Å². The summed E-state index contributed by atoms with van der Waals surface area (Å²) < 4.78 is 0. The largest absolute Gasteiger partial charge is 0.271 e. The number of aromatic nitrogens is 1. The van der Waals surface area contributed by atoms with Gasteiger partial charge in [0.25, 0.3) is 0 Å². The maximum Gasteiger partial charge on any atom is 0.0489 e. The van der Waals surface area contributed by atoms with Gasteiger partial charge >= 0.3 is 0 Å². The fourth-order valence-electron chi connectivity index (χ4n) is 2.06. The third-order valence-corrected chi connectivity index (χ3v) is 2.90. The first kappa shape index (κ1) is 11.0. The molecule has 3 nitrogen and oxygen atoms in total. The van der Waals surface area contributed by atoms with Crippen molar-refractivity contribution in [2.45, 2.75) is 19.9 Å². The predicted octanol–water partition coefficient (Wildman–Crippen LogP) is 2.40. The van der Waals surface area contributed by atoms with Crippen molar-refractivity contribution in [3.05, 3.63) is 42.2 Å². The van der Waals surface area contributed by atoms with Gasteiger partial charge in [-0.1, -0.05) is 32.0 Å². The third-order valence-electron chi connectivity index (χ3n) is 2.90. The first-order chi connectivity index (χ1) is 7.74. The highest BCUT2D eigenvalue weighted by Crippen LogP contribution is 2.27. The molecule has 0 bridgehead atoms. The minimum atomic E-state index is 0.172. The van der Waals surface area contributed by atoms with Crippen molar-refractivity contribution < 1.29 is 0 Å². The molecule has 2 aromatic rings. The summed E-state index contributed by atoms with van der Waals surface area (Å²) in [6, 6.07) is 8.45. The van der Waals surface area contributed by atoms with E-state index in [1.165, 1.54) is 10.9 Å². The molecule has 1 atom stereocenters. The second kappa shape index (κ2) is 4.60. The van der Waals surface area contributed by atoms with Crippen molar-refractivity contribution in [2.75, 3.05) is 0 Å². The van der Waals surface area contributed by atoms with Crippen LogP contribution in [0.3, 0.4) is 0 Å². The van der Waals surface area contributed by atoms with E-state index in [9.17, 15) is 0 Å². The number of nitrogens with one attached hydrogen (secondary N) is 1. The average molecular weight is 215 g/mol. The van der Waals surface area contributed by atoms with Gasteiger partial charge < -0.3 is 0 Å². The zero-order valence-corrected chi connectivity index (χ0v) is 9.64. The minimum absolute atomic E-state index is 0.172. The molecule has 2 rings (SSSR count). The Kier molecular flexibility index (Phi) is 3.17. The third kappa shape index (κ3) is 1.92. The molecule has 0 aliphatic carbocycles. The standard InChI is InChI=1S/C13H17N3/c1-9(2)13(16-14)12-5-3-4-10-8-15-7-6-11(10)12/h3-9,13,16H,14H2,1-2H3. The van der Waals surface area contributed by atoms with Crippen LogP contribution >= 0.6 is 0 Å². The predicted molar refractivity (Wildman–Crippen MR) is 66.6 cm³/mol. The number of hydrogen-bond acceptors (Lipinski definition) is 3. The number of fused-ring (bicyclic) bond motifs is 1. The SMILES string of the molecule is CC(C)C(NN)c1cccc2cnccc12. The molecule has 0 aliphatic heterocycles. The number of hydrazine groups is 1. The first-order valence-electron chi connectivity index (χ1n) is 5.53. The summed E-state index contributed by atoms with van der Waals surface area (Å²) in [7, 11) is 0. The van der Waals surface area contributed by atoms with Gasteiger partial charge in [-0.2, -0.15) is 0 Å². The lowest BCUT2D eigenvalue weighted by Crippen LogP contribution is -2.31. The van der Waals surface area contributed by atoms with E-state index < -0.39 is 0 Å². The Hall–Kier alpha value is -1.45. The number of hydrogen-bond donors (Lipinski definition) is 2. The Morgan fingerprint density at radius 3 is 2.75 bits per heavy atom. The molecule has 1 unspecified atom stereocenters. The van der Waals surface area contributed by atoms with Crippen LogP contribution in [-0.4, -0.2) is 4.98 Å². The van der Waals surface area contributed by atoms with E-state index in [2.05, 4.69) is 36.4 Å². The van der Waals surface area contributed by atoms with Crippen LogP contribution in [0.1, 0.15) is 25.5 Å². The number of nitrogens with zero attached hydrogens (tertiary/aromatic N) is 1. The molecular weight excluding hydrogens is 198 g/mol. The van der Waals surface area contributed by atoms with Crippen LogP contribution in [0.25, 0.3) is 10.8 Å². The van der Waals surface area contributed by atoms with Crippen LogP contribution in [-0.2, 0) is 0 Å². The summed E-state index contributed by atoms with van der Waals surface area (Å²) in [5, 5.41) is 2.37. The maximum absolute atomic E-state index is 5.63. The normalized spacial score (nSPS) is 13.2. The van der Waals surface area contributed by atoms with Crippen molar-refractivity contribution in [3.63, 3.8) is 0 Å². The van der Waals surface area contributed by atoms with Gasteiger partial charge in [-0.15, -0.1) is 0 Å². The van der Waals surface area contributed by atoms with E-state index in [4.69, 9.17) is 5.84 Å². The molecule has 3 heteroatoms. The quantitative estimate of drug-likeness (QED) is 0.610. The molecule has 1 heterocycles. The number of benzene rings is 1. The van der Waals surface area contributed by atoms with Crippen molar-refractivity contribution in [1.29, 1.82) is 0 Å². The van der Waals surface area contributed by atoms with Gasteiger partial charge in [0.1, 0.15) is 0 Å². The van der Waals surface area contributed by atoms with Crippen molar-refractivity contribution in [2.24, 2.45) is 11.8 Å². The Balaban J connectivity index is 2.59. The molecule has 0 aliphatic rings. The fourth-order valence-corrected chi connectivity index (χ4v) is 2.06. The summed E-state index contributed by atoms with van der Waals surface area (Å²) >= 11 is 0. The van der Waals surface area contributed by atoms with Crippen LogP contribution in [0, 0.1) is 5.92 Å². The van der Waals surface area contributed by atoms with Crippen molar-refractivity contribution >= 4 is 10.8 Å². The average Bonchev–Trinajstić information content (AvgIpc) is 2.30. The summed E-state index contributed by atoms with van der Waals surface area (Å²) in [5.41, 5.74) is 4.12. The van der Waals surface area contributed by atoms with Gasteiger partial charge in [0.05, 0.1) is 0 Å². The van der Waals surface area contributed by atoms with Gasteiger partial charge in [-0.05, 0) is 22.9 Å². The van der Waals surface area contributed by atoms with Gasteiger partial charge in [0, 0.05) is 23.8 Å². The highest BCUT2D eigenvalue weighted by molar-refractivity contribution is 5.85. The minimum Gasteiger partial charge on any atom is -0.271 e. The lowest BCUT2D eigenvalue weighted by Gasteiger charge is -2.21. The molecular formula is C13H17N3. The van der Waals surface area contributed by atoms with Crippen LogP contribution in [0.15, 0.2) is 36.7 Å². The van der Waals surface area contributed by atoms with E-state index in [0.29, 0.717) is 5.92 Å². The van der Waals surface area contributed by atoms with E-state index in [1.807, 2.05) is 24.5 Å². The first-order valence-corrected chi connectivity index (χ1v) is 5.53. The number of nitrogens with two attached hydrogens (primary N) is 1. The van der Waals surface area contributed by atoms with Crippen molar-refractivity contribution in [3.8, 4) is 0 Å². The topological polar surface area (TPSA) is 50.9 Å². The van der Waals surface area contributed by atoms with Gasteiger partial charge in [-0.3, -0.25) is 16.3 Å². The van der Waals surface area contributed by atoms with Crippen molar-refractivity contribution in [1.82, 2.24) is 10.4 Å². The van der Waals surface area contributed by atoms with E-state index in [1.54, 1.807) is 0 Å². The molecule has 84 valence electrons. The summed E-state index contributed by atoms with van der Waals surface area (Å²) in [6.07, 6.45) is 3.70. The molecule has 0 radical (unpaired) electrons. The molecule has 16 heavy (non-hydrogen) atoms. The van der Waals surface area contributed by atoms with Crippen LogP contribution in [0.5, 0.6) is 0 Å². The van der Waals surface area contributed by atoms with Gasteiger partial charge in [-0.25, -0.2) is 0 Å². The highest BCUT2D eigenvalue weighted by Gasteiger charge is 2.15. The van der Waals surface area contributed by atoms with Gasteiger partial charge in [0.2, 0.25) is 0 Å². The molecule has 1 aromatic carbocycles. The molecule has 1 aromatic heterocycles. The second-order valence-corrected chi connectivity index (χ2v) is 4.33. The Bertz CT molecular complexity index is 474. The molecule has 0 saturated heterocycles. The molecule has 3 N–H and O–H groups in total. The van der Waals surface area contributed by atoms with Crippen LogP contribution in [0.2, 0.25) is 0 Å². The zero-order chi connectivity index (χ0) is 11.5. The highest BCUT2D eigenvalue weighted by atomic mass is 15.2. The zero-order valence-electron chi connectivity index (χ0n) is 9.64. The lowest BCUT2D eigenvalue weighted by molar-refractivity contribution is 0.423. The molecule has 0 fully saturated rings. The Morgan fingerprint density at radius 2 is 2.06 bits per heavy atom. The summed E-state index contributed by atoms with van der Waals surface area (Å²) in [4.78, 5) is 4.13. The van der Waals surface area contributed by atoms with Crippen LogP contribution < -0.4 is 11.3 Å².